The molecule has 2 saturated heterocycles. The number of hydrogen-bond donors (Lipinski definition) is 0. The lowest BCUT2D eigenvalue weighted by Gasteiger charge is -2.37. The molecule has 2 fully saturated rings. The van der Waals surface area contributed by atoms with Crippen LogP contribution in [-0.2, 0) is 9.47 Å². The van der Waals surface area contributed by atoms with Crippen LogP contribution in [0.2, 0.25) is 5.02 Å². The van der Waals surface area contributed by atoms with E-state index in [0.717, 1.165) is 50.7 Å². The van der Waals surface area contributed by atoms with Gasteiger partial charge in [-0.2, -0.15) is 0 Å². The fourth-order valence-corrected chi connectivity index (χ4v) is 2.90. The Kier molecular flexibility index (Phi) is 4.41. The zero-order valence-corrected chi connectivity index (χ0v) is 12.3. The van der Waals surface area contributed by atoms with Crippen molar-refractivity contribution < 1.29 is 9.47 Å². The summed E-state index contributed by atoms with van der Waals surface area (Å²) in [5.74, 6) is -0.267. The Bertz CT molecular complexity index is 456. The average Bonchev–Trinajstić information content (AvgIpc) is 2.92. The third-order valence-electron chi connectivity index (χ3n) is 3.98. The maximum absolute atomic E-state index is 5.87. The van der Waals surface area contributed by atoms with Gasteiger partial charge in [0.2, 0.25) is 0 Å². The molecule has 3 nitrogen and oxygen atoms in total. The summed E-state index contributed by atoms with van der Waals surface area (Å²) in [7, 11) is 0. The lowest BCUT2D eigenvalue weighted by atomic mass is 10.0. The van der Waals surface area contributed by atoms with Crippen molar-refractivity contribution in [2.45, 2.75) is 18.6 Å². The minimum Gasteiger partial charge on any atom is -0.347 e. The van der Waals surface area contributed by atoms with Crippen molar-refractivity contribution in [3.05, 3.63) is 40.9 Å². The molecule has 1 aromatic carbocycles. The van der Waals surface area contributed by atoms with Crippen LogP contribution >= 0.6 is 11.6 Å². The van der Waals surface area contributed by atoms with Crippen LogP contribution in [0.15, 0.2) is 30.3 Å². The van der Waals surface area contributed by atoms with Gasteiger partial charge in [-0.05, 0) is 17.7 Å². The molecule has 2 heterocycles. The minimum atomic E-state index is -0.267. The zero-order chi connectivity index (χ0) is 13.8. The van der Waals surface area contributed by atoms with Gasteiger partial charge in [-0.25, -0.2) is 0 Å². The van der Waals surface area contributed by atoms with Gasteiger partial charge in [-0.1, -0.05) is 35.9 Å². The molecule has 0 amide bonds. The molecule has 0 unspecified atom stereocenters. The second-order valence-electron chi connectivity index (χ2n) is 5.36. The molecule has 0 bridgehead atoms. The molecule has 0 aliphatic carbocycles. The average molecular weight is 294 g/mol. The van der Waals surface area contributed by atoms with Crippen LogP contribution < -0.4 is 0 Å². The summed E-state index contributed by atoms with van der Waals surface area (Å²) in [6.07, 6.45) is 6.30. The van der Waals surface area contributed by atoms with Crippen molar-refractivity contribution >= 4 is 17.7 Å². The monoisotopic (exact) mass is 293 g/mol. The fourth-order valence-electron chi connectivity index (χ4n) is 2.77. The van der Waals surface area contributed by atoms with Gasteiger partial charge in [-0.3, -0.25) is 4.90 Å². The van der Waals surface area contributed by atoms with E-state index in [1.165, 1.54) is 5.56 Å². The smallest absolute Gasteiger partial charge is 0.170 e. The van der Waals surface area contributed by atoms with E-state index in [1.807, 2.05) is 24.3 Å². The van der Waals surface area contributed by atoms with Gasteiger partial charge in [0.25, 0.3) is 0 Å². The van der Waals surface area contributed by atoms with Crippen LogP contribution in [0.5, 0.6) is 0 Å². The molecule has 1 spiro atoms. The van der Waals surface area contributed by atoms with E-state index in [-0.39, 0.29) is 5.79 Å². The SMILES string of the molecule is Clc1ccc(/C=C/CN2CCC3(CC2)OCCO3)cc1. The van der Waals surface area contributed by atoms with Crippen LogP contribution in [-0.4, -0.2) is 43.5 Å². The van der Waals surface area contributed by atoms with Crippen molar-refractivity contribution in [2.75, 3.05) is 32.8 Å². The maximum atomic E-state index is 5.87. The van der Waals surface area contributed by atoms with E-state index >= 15 is 0 Å². The first kappa shape index (κ1) is 14.1. The van der Waals surface area contributed by atoms with Gasteiger partial charge in [0.05, 0.1) is 13.2 Å². The van der Waals surface area contributed by atoms with Crippen LogP contribution in [0, 0.1) is 0 Å². The van der Waals surface area contributed by atoms with Crippen LogP contribution in [0.25, 0.3) is 6.08 Å². The molecule has 0 radical (unpaired) electrons. The highest BCUT2D eigenvalue weighted by Crippen LogP contribution is 2.31. The zero-order valence-electron chi connectivity index (χ0n) is 11.6. The van der Waals surface area contributed by atoms with E-state index in [1.54, 1.807) is 0 Å². The number of ether oxygens (including phenoxy) is 2. The highest BCUT2D eigenvalue weighted by atomic mass is 35.5. The van der Waals surface area contributed by atoms with E-state index in [4.69, 9.17) is 21.1 Å². The van der Waals surface area contributed by atoms with E-state index in [0.29, 0.717) is 0 Å². The first-order chi connectivity index (χ1) is 9.76. The van der Waals surface area contributed by atoms with E-state index < -0.39 is 0 Å². The quantitative estimate of drug-likeness (QED) is 0.854. The number of rotatable bonds is 3. The molecular weight excluding hydrogens is 274 g/mol. The second kappa shape index (κ2) is 6.27. The lowest BCUT2D eigenvalue weighted by molar-refractivity contribution is -0.184. The number of piperidine rings is 1. The Morgan fingerprint density at radius 2 is 1.75 bits per heavy atom. The number of hydrogen-bond acceptors (Lipinski definition) is 3. The fraction of sp³-hybridized carbons (Fsp3) is 0.500. The highest BCUT2D eigenvalue weighted by Gasteiger charge is 2.39. The van der Waals surface area contributed by atoms with Crippen molar-refractivity contribution in [1.82, 2.24) is 4.90 Å². The summed E-state index contributed by atoms with van der Waals surface area (Å²) in [6.45, 7) is 4.53. The maximum Gasteiger partial charge on any atom is 0.170 e. The Morgan fingerprint density at radius 3 is 2.40 bits per heavy atom. The summed E-state index contributed by atoms with van der Waals surface area (Å²) in [5.41, 5.74) is 1.19. The number of halogens is 1. The highest BCUT2D eigenvalue weighted by molar-refractivity contribution is 6.30. The van der Waals surface area contributed by atoms with E-state index in [9.17, 15) is 0 Å². The van der Waals surface area contributed by atoms with E-state index in [2.05, 4.69) is 17.1 Å². The van der Waals surface area contributed by atoms with Crippen molar-refractivity contribution in [3.63, 3.8) is 0 Å². The second-order valence-corrected chi connectivity index (χ2v) is 5.80. The van der Waals surface area contributed by atoms with Crippen molar-refractivity contribution in [2.24, 2.45) is 0 Å². The third-order valence-corrected chi connectivity index (χ3v) is 4.23. The molecule has 4 heteroatoms. The summed E-state index contributed by atoms with van der Waals surface area (Å²) >= 11 is 5.87. The molecule has 1 aromatic rings. The van der Waals surface area contributed by atoms with Gasteiger partial charge in [0.15, 0.2) is 5.79 Å². The first-order valence-corrected chi connectivity index (χ1v) is 7.56. The Hall–Kier alpha value is -0.870. The van der Waals surface area contributed by atoms with Crippen LogP contribution in [0.3, 0.4) is 0 Å². The number of likely N-dealkylation sites (tertiary alicyclic amines) is 1. The molecule has 2 aliphatic rings. The number of nitrogens with zero attached hydrogens (tertiary/aromatic N) is 1. The molecule has 3 rings (SSSR count). The predicted octanol–water partition coefficient (Wildman–Crippen LogP) is 3.19. The number of benzene rings is 1. The Balaban J connectivity index is 1.46. The van der Waals surface area contributed by atoms with Crippen molar-refractivity contribution in [3.8, 4) is 0 Å². The molecule has 0 aromatic heterocycles. The summed E-state index contributed by atoms with van der Waals surface area (Å²) in [4.78, 5) is 2.43. The topological polar surface area (TPSA) is 21.7 Å². The van der Waals surface area contributed by atoms with Gasteiger partial charge < -0.3 is 9.47 Å². The largest absolute Gasteiger partial charge is 0.347 e. The van der Waals surface area contributed by atoms with Crippen LogP contribution in [0.4, 0.5) is 0 Å². The summed E-state index contributed by atoms with van der Waals surface area (Å²) < 4.78 is 11.5. The molecule has 0 atom stereocenters. The molecule has 0 saturated carbocycles. The van der Waals surface area contributed by atoms with Gasteiger partial charge in [0, 0.05) is 37.5 Å². The molecule has 108 valence electrons. The molecule has 2 aliphatic heterocycles. The standard InChI is InChI=1S/C16H20ClNO2/c17-15-5-3-14(4-6-15)2-1-9-18-10-7-16(8-11-18)19-12-13-20-16/h1-6H,7-13H2/b2-1+. The molecular formula is C16H20ClNO2. The summed E-state index contributed by atoms with van der Waals surface area (Å²) in [5, 5.41) is 0.778. The normalized spacial score (nSPS) is 22.9. The van der Waals surface area contributed by atoms with Crippen LogP contribution in [0.1, 0.15) is 18.4 Å². The van der Waals surface area contributed by atoms with Crippen molar-refractivity contribution in [1.29, 1.82) is 0 Å². The van der Waals surface area contributed by atoms with Gasteiger partial charge in [0.1, 0.15) is 0 Å². The van der Waals surface area contributed by atoms with Gasteiger partial charge >= 0.3 is 0 Å². The Labute approximate surface area is 125 Å². The minimum absolute atomic E-state index is 0.267. The first-order valence-electron chi connectivity index (χ1n) is 7.18. The van der Waals surface area contributed by atoms with Gasteiger partial charge in [-0.15, -0.1) is 0 Å². The predicted molar refractivity (Wildman–Crippen MR) is 80.8 cm³/mol. The molecule has 0 N–H and O–H groups in total. The summed E-state index contributed by atoms with van der Waals surface area (Å²) in [6, 6.07) is 7.90. The Morgan fingerprint density at radius 1 is 1.10 bits per heavy atom. The third kappa shape index (κ3) is 3.41. The molecule has 20 heavy (non-hydrogen) atoms. The lowest BCUT2D eigenvalue weighted by Crippen LogP contribution is -2.45.